The summed E-state index contributed by atoms with van der Waals surface area (Å²) in [5.74, 6) is 1.77. The van der Waals surface area contributed by atoms with Gasteiger partial charge >= 0.3 is 0 Å². The van der Waals surface area contributed by atoms with Crippen LogP contribution in [0.5, 0.6) is 11.5 Å². The number of hydrogen-bond acceptors (Lipinski definition) is 7. The second kappa shape index (κ2) is 18.2. The Labute approximate surface area is 265 Å². The maximum absolute atomic E-state index is 13.4. The molecule has 4 N–H and O–H groups in total. The van der Waals surface area contributed by atoms with E-state index in [2.05, 4.69) is 48.3 Å². The van der Waals surface area contributed by atoms with Crippen LogP contribution in [0.3, 0.4) is 0 Å². The Kier molecular flexibility index (Phi) is 14.8. The van der Waals surface area contributed by atoms with Crippen molar-refractivity contribution in [3.05, 3.63) is 53.6 Å². The third-order valence-electron chi connectivity index (χ3n) is 9.02. The normalized spacial score (nSPS) is 16.2. The first-order chi connectivity index (χ1) is 21.1. The molecule has 0 aliphatic carbocycles. The van der Waals surface area contributed by atoms with Crippen LogP contribution < -0.4 is 25.4 Å². The van der Waals surface area contributed by atoms with Crippen molar-refractivity contribution in [2.24, 2.45) is 29.4 Å². The van der Waals surface area contributed by atoms with Crippen molar-refractivity contribution in [2.75, 3.05) is 45.4 Å². The molecule has 8 nitrogen and oxygen atoms in total. The van der Waals surface area contributed by atoms with E-state index in [0.717, 1.165) is 42.8 Å². The van der Waals surface area contributed by atoms with Crippen molar-refractivity contribution in [3.8, 4) is 11.5 Å². The highest BCUT2D eigenvalue weighted by molar-refractivity contribution is 5.79. The molecule has 1 fully saturated rings. The number of aliphatic hydroxyl groups excluding tert-OH is 1. The van der Waals surface area contributed by atoms with Crippen molar-refractivity contribution in [2.45, 2.75) is 84.9 Å². The second-order valence-electron chi connectivity index (χ2n) is 13.0. The lowest BCUT2D eigenvalue weighted by molar-refractivity contribution is -0.127. The largest absolute Gasteiger partial charge is 0.493 e. The molecule has 0 unspecified atom stereocenters. The number of rotatable bonds is 19. The van der Waals surface area contributed by atoms with Gasteiger partial charge in [-0.25, -0.2) is 0 Å². The molecule has 1 saturated heterocycles. The van der Waals surface area contributed by atoms with E-state index < -0.39 is 12.1 Å². The van der Waals surface area contributed by atoms with E-state index in [0.29, 0.717) is 44.3 Å². The Morgan fingerprint density at radius 1 is 0.977 bits per heavy atom. The van der Waals surface area contributed by atoms with E-state index >= 15 is 0 Å². The highest BCUT2D eigenvalue weighted by atomic mass is 16.5. The van der Waals surface area contributed by atoms with Gasteiger partial charge in [-0.3, -0.25) is 4.79 Å². The molecular formula is C36H57N3O5. The summed E-state index contributed by atoms with van der Waals surface area (Å²) in [4.78, 5) is 15.8. The SMILES string of the molecule is COCCCOc1cc(C[C@@H](C[C@H](N)[C@@H](O)C[C@H](C(=O)NCc2ccccc2N2CCCC2)C(C)C)C(C)C)ccc1OC. The first kappa shape index (κ1) is 35.7. The Morgan fingerprint density at radius 3 is 2.36 bits per heavy atom. The molecule has 1 aliphatic heterocycles. The maximum Gasteiger partial charge on any atom is 0.223 e. The van der Waals surface area contributed by atoms with Gasteiger partial charge in [-0.1, -0.05) is 52.0 Å². The van der Waals surface area contributed by atoms with Crippen LogP contribution in [0.15, 0.2) is 42.5 Å². The highest BCUT2D eigenvalue weighted by Gasteiger charge is 2.30. The van der Waals surface area contributed by atoms with Crippen LogP contribution in [0.1, 0.15) is 70.9 Å². The number of carbonyl (C=O) groups excluding carboxylic acids is 1. The topological polar surface area (TPSA) is 106 Å². The zero-order chi connectivity index (χ0) is 32.1. The highest BCUT2D eigenvalue weighted by Crippen LogP contribution is 2.32. The number of nitrogens with two attached hydrogens (primary N) is 1. The van der Waals surface area contributed by atoms with E-state index in [1.165, 1.54) is 18.5 Å². The minimum absolute atomic E-state index is 0.0286. The van der Waals surface area contributed by atoms with Crippen LogP contribution in [-0.4, -0.2) is 63.7 Å². The van der Waals surface area contributed by atoms with Crippen LogP contribution in [0.4, 0.5) is 5.69 Å². The quantitative estimate of drug-likeness (QED) is 0.178. The molecule has 1 amide bonds. The average molecular weight is 612 g/mol. The Hall–Kier alpha value is -2.81. The predicted molar refractivity (Wildman–Crippen MR) is 178 cm³/mol. The number of aliphatic hydroxyl groups is 1. The fourth-order valence-electron chi connectivity index (χ4n) is 6.10. The third kappa shape index (κ3) is 10.7. The number of nitrogens with one attached hydrogen (secondary N) is 1. The monoisotopic (exact) mass is 611 g/mol. The molecule has 4 atom stereocenters. The number of nitrogens with zero attached hydrogens (tertiary/aromatic N) is 1. The second-order valence-corrected chi connectivity index (χ2v) is 13.0. The number of hydrogen-bond donors (Lipinski definition) is 3. The van der Waals surface area contributed by atoms with Crippen LogP contribution in [0, 0.1) is 23.7 Å². The number of ether oxygens (including phenoxy) is 3. The average Bonchev–Trinajstić information content (AvgIpc) is 3.55. The third-order valence-corrected chi connectivity index (χ3v) is 9.02. The summed E-state index contributed by atoms with van der Waals surface area (Å²) in [7, 11) is 3.33. The maximum atomic E-state index is 13.4. The van der Waals surface area contributed by atoms with Crippen molar-refractivity contribution in [1.82, 2.24) is 5.32 Å². The number of methoxy groups -OCH3 is 2. The fourth-order valence-corrected chi connectivity index (χ4v) is 6.10. The number of para-hydroxylation sites is 1. The smallest absolute Gasteiger partial charge is 0.223 e. The summed E-state index contributed by atoms with van der Waals surface area (Å²) in [6.45, 7) is 12.3. The fraction of sp³-hybridized carbons (Fsp3) is 0.639. The van der Waals surface area contributed by atoms with Gasteiger partial charge in [0.2, 0.25) is 5.91 Å². The number of benzene rings is 2. The summed E-state index contributed by atoms with van der Waals surface area (Å²) >= 11 is 0. The van der Waals surface area contributed by atoms with Gasteiger partial charge in [0.05, 0.1) is 19.8 Å². The summed E-state index contributed by atoms with van der Waals surface area (Å²) in [5.41, 5.74) is 10.1. The Balaban J connectivity index is 1.59. The van der Waals surface area contributed by atoms with Crippen LogP contribution in [0.25, 0.3) is 0 Å². The van der Waals surface area contributed by atoms with Gasteiger partial charge in [-0.15, -0.1) is 0 Å². The first-order valence-electron chi connectivity index (χ1n) is 16.5. The van der Waals surface area contributed by atoms with Crippen molar-refractivity contribution in [3.63, 3.8) is 0 Å². The first-order valence-corrected chi connectivity index (χ1v) is 16.5. The van der Waals surface area contributed by atoms with Crippen molar-refractivity contribution >= 4 is 11.6 Å². The molecule has 8 heteroatoms. The molecule has 0 aromatic heterocycles. The van der Waals surface area contributed by atoms with Gasteiger partial charge in [0.25, 0.3) is 0 Å². The van der Waals surface area contributed by atoms with Gasteiger partial charge in [-0.05, 0) is 79.2 Å². The van der Waals surface area contributed by atoms with Crippen molar-refractivity contribution in [1.29, 1.82) is 0 Å². The molecule has 0 spiro atoms. The minimum Gasteiger partial charge on any atom is -0.493 e. The lowest BCUT2D eigenvalue weighted by Gasteiger charge is -2.30. The molecular weight excluding hydrogens is 554 g/mol. The Morgan fingerprint density at radius 2 is 1.70 bits per heavy atom. The zero-order valence-electron chi connectivity index (χ0n) is 27.9. The summed E-state index contributed by atoms with van der Waals surface area (Å²) in [5, 5.41) is 14.4. The van der Waals surface area contributed by atoms with E-state index in [1.54, 1.807) is 14.2 Å². The summed E-state index contributed by atoms with van der Waals surface area (Å²) in [6.07, 6.45) is 4.23. The van der Waals surface area contributed by atoms with E-state index in [4.69, 9.17) is 19.9 Å². The van der Waals surface area contributed by atoms with Gasteiger partial charge in [0, 0.05) is 57.4 Å². The summed E-state index contributed by atoms with van der Waals surface area (Å²) < 4.78 is 16.6. The molecule has 0 saturated carbocycles. The number of carbonyl (C=O) groups is 1. The predicted octanol–water partition coefficient (Wildman–Crippen LogP) is 5.58. The zero-order valence-corrected chi connectivity index (χ0v) is 27.9. The lowest BCUT2D eigenvalue weighted by atomic mass is 9.81. The Bertz CT molecular complexity index is 1130. The molecule has 2 aromatic rings. The van der Waals surface area contributed by atoms with E-state index in [9.17, 15) is 9.90 Å². The van der Waals surface area contributed by atoms with Crippen LogP contribution in [-0.2, 0) is 22.5 Å². The standard InChI is InChI=1S/C36H57N3O5/c1-25(2)29(20-27-14-15-34(43-6)35(21-27)44-19-11-18-42-5)22-31(37)33(40)23-30(26(3)4)36(41)38-24-28-12-7-8-13-32(28)39-16-9-10-17-39/h7-8,12-15,21,25-26,29-31,33,40H,9-11,16-20,22-24,37H2,1-6H3,(H,38,41)/t29-,30-,31-,33-/m0/s1. The molecule has 2 aromatic carbocycles. The number of amides is 1. The lowest BCUT2D eigenvalue weighted by Crippen LogP contribution is -2.42. The molecule has 1 aliphatic rings. The van der Waals surface area contributed by atoms with Crippen LogP contribution >= 0.6 is 0 Å². The van der Waals surface area contributed by atoms with Gasteiger partial charge in [0.1, 0.15) is 0 Å². The molecule has 44 heavy (non-hydrogen) atoms. The van der Waals surface area contributed by atoms with E-state index in [-0.39, 0.29) is 23.7 Å². The molecule has 246 valence electrons. The summed E-state index contributed by atoms with van der Waals surface area (Å²) in [6, 6.07) is 13.9. The molecule has 0 radical (unpaired) electrons. The molecule has 0 bridgehead atoms. The van der Waals surface area contributed by atoms with Crippen LogP contribution in [0.2, 0.25) is 0 Å². The van der Waals surface area contributed by atoms with E-state index in [1.807, 2.05) is 32.0 Å². The van der Waals surface area contributed by atoms with Gasteiger partial charge in [-0.2, -0.15) is 0 Å². The minimum atomic E-state index is -0.776. The molecule has 3 rings (SSSR count). The van der Waals surface area contributed by atoms with Gasteiger partial charge in [0.15, 0.2) is 11.5 Å². The molecule has 1 heterocycles. The van der Waals surface area contributed by atoms with Gasteiger partial charge < -0.3 is 35.3 Å². The van der Waals surface area contributed by atoms with Crippen molar-refractivity contribution < 1.29 is 24.1 Å². The number of anilines is 1.